The number of ketones is 1. The Kier molecular flexibility index (Phi) is 5.22. The van der Waals surface area contributed by atoms with E-state index in [-0.39, 0.29) is 11.7 Å². The highest BCUT2D eigenvalue weighted by Crippen LogP contribution is 2.28. The summed E-state index contributed by atoms with van der Waals surface area (Å²) in [7, 11) is 0. The van der Waals surface area contributed by atoms with E-state index < -0.39 is 0 Å². The first-order valence-corrected chi connectivity index (χ1v) is 9.12. The number of oxazole rings is 1. The van der Waals surface area contributed by atoms with Crippen LogP contribution >= 0.6 is 11.6 Å². The summed E-state index contributed by atoms with van der Waals surface area (Å²) >= 11 is 5.89. The van der Waals surface area contributed by atoms with Gasteiger partial charge in [-0.15, -0.1) is 0 Å². The van der Waals surface area contributed by atoms with Crippen molar-refractivity contribution < 1.29 is 13.9 Å². The molecule has 0 unspecified atom stereocenters. The van der Waals surface area contributed by atoms with Gasteiger partial charge in [0.2, 0.25) is 5.89 Å². The molecule has 4 nitrogen and oxygen atoms in total. The lowest BCUT2D eigenvalue weighted by molar-refractivity contribution is 0.0993. The van der Waals surface area contributed by atoms with Crippen LogP contribution in [0.5, 0.6) is 11.7 Å². The molecule has 4 rings (SSSR count). The molecule has 0 fully saturated rings. The summed E-state index contributed by atoms with van der Waals surface area (Å²) < 4.78 is 11.3. The molecule has 3 aromatic carbocycles. The number of rotatable bonds is 6. The molecule has 1 heterocycles. The van der Waals surface area contributed by atoms with Crippen LogP contribution < -0.4 is 4.74 Å². The van der Waals surface area contributed by atoms with E-state index in [4.69, 9.17) is 20.8 Å². The molecule has 0 spiro atoms. The van der Waals surface area contributed by atoms with Gasteiger partial charge in [-0.3, -0.25) is 4.79 Å². The first-order valence-electron chi connectivity index (χ1n) is 8.74. The van der Waals surface area contributed by atoms with Gasteiger partial charge < -0.3 is 9.15 Å². The third-order valence-corrected chi connectivity index (χ3v) is 4.43. The van der Waals surface area contributed by atoms with Crippen molar-refractivity contribution in [2.24, 2.45) is 0 Å². The molecule has 28 heavy (non-hydrogen) atoms. The minimum Gasteiger partial charge on any atom is -0.425 e. The van der Waals surface area contributed by atoms with Crippen LogP contribution in [0, 0.1) is 0 Å². The smallest absolute Gasteiger partial charge is 0.311 e. The maximum Gasteiger partial charge on any atom is 0.311 e. The van der Waals surface area contributed by atoms with Gasteiger partial charge in [-0.2, -0.15) is 0 Å². The molecular formula is C23H16ClNO3. The summed E-state index contributed by atoms with van der Waals surface area (Å²) in [5.41, 5.74) is 2.43. The van der Waals surface area contributed by atoms with Crippen molar-refractivity contribution in [2.75, 3.05) is 0 Å². The number of hydrogen-bond acceptors (Lipinski definition) is 4. The van der Waals surface area contributed by atoms with Crippen molar-refractivity contribution in [3.05, 3.63) is 101 Å². The molecule has 0 N–H and O–H groups in total. The minimum absolute atomic E-state index is 0.0578. The molecule has 0 aliphatic heterocycles. The fourth-order valence-electron chi connectivity index (χ4n) is 2.74. The van der Waals surface area contributed by atoms with Crippen molar-refractivity contribution in [2.45, 2.75) is 6.42 Å². The Morgan fingerprint density at radius 3 is 2.36 bits per heavy atom. The van der Waals surface area contributed by atoms with Gasteiger partial charge in [0.1, 0.15) is 11.9 Å². The Labute approximate surface area is 167 Å². The molecule has 4 aromatic rings. The lowest BCUT2D eigenvalue weighted by atomic mass is 10.0. The second-order valence-electron chi connectivity index (χ2n) is 6.20. The van der Waals surface area contributed by atoms with Gasteiger partial charge in [0.15, 0.2) is 5.78 Å². The van der Waals surface area contributed by atoms with Crippen LogP contribution in [0.4, 0.5) is 0 Å². The van der Waals surface area contributed by atoms with E-state index in [9.17, 15) is 4.79 Å². The normalized spacial score (nSPS) is 10.6. The van der Waals surface area contributed by atoms with E-state index in [1.54, 1.807) is 36.4 Å². The second kappa shape index (κ2) is 8.11. The zero-order chi connectivity index (χ0) is 19.3. The standard InChI is InChI=1S/C23H16ClNO3/c24-19-10-6-18(7-11-19)23-25-15-22(28-23)27-20-12-8-17(9-13-20)21(26)14-16-4-2-1-3-5-16/h1-13,15H,14H2. The van der Waals surface area contributed by atoms with Gasteiger partial charge in [-0.25, -0.2) is 4.98 Å². The van der Waals surface area contributed by atoms with Crippen molar-refractivity contribution in [3.63, 3.8) is 0 Å². The Morgan fingerprint density at radius 2 is 1.64 bits per heavy atom. The molecule has 0 atom stereocenters. The van der Waals surface area contributed by atoms with Crippen LogP contribution in [0.1, 0.15) is 15.9 Å². The van der Waals surface area contributed by atoms with Crippen LogP contribution in [0.15, 0.2) is 89.5 Å². The van der Waals surface area contributed by atoms with Gasteiger partial charge in [0.05, 0.1) is 0 Å². The summed E-state index contributed by atoms with van der Waals surface area (Å²) in [6.45, 7) is 0. The van der Waals surface area contributed by atoms with Gasteiger partial charge in [0, 0.05) is 22.6 Å². The number of aromatic nitrogens is 1. The molecule has 1 aromatic heterocycles. The largest absolute Gasteiger partial charge is 0.425 e. The Hall–Kier alpha value is -3.37. The number of Topliss-reactive ketones (excluding diaryl/α,β-unsaturated/α-hetero) is 1. The fourth-order valence-corrected chi connectivity index (χ4v) is 2.87. The van der Waals surface area contributed by atoms with Gasteiger partial charge in [-0.05, 0) is 54.1 Å². The summed E-state index contributed by atoms with van der Waals surface area (Å²) in [4.78, 5) is 16.6. The Morgan fingerprint density at radius 1 is 0.929 bits per heavy atom. The third-order valence-electron chi connectivity index (χ3n) is 4.18. The Bertz CT molecular complexity index is 1070. The van der Waals surface area contributed by atoms with E-state index in [1.807, 2.05) is 42.5 Å². The SMILES string of the molecule is O=C(Cc1ccccc1)c1ccc(Oc2cnc(-c3ccc(Cl)cc3)o2)cc1. The molecule has 0 saturated heterocycles. The van der Waals surface area contributed by atoms with Gasteiger partial charge in [-0.1, -0.05) is 41.9 Å². The quantitative estimate of drug-likeness (QED) is 0.368. The summed E-state index contributed by atoms with van der Waals surface area (Å²) in [6.07, 6.45) is 1.88. The van der Waals surface area contributed by atoms with Gasteiger partial charge in [0.25, 0.3) is 0 Å². The fraction of sp³-hybridized carbons (Fsp3) is 0.0435. The highest BCUT2D eigenvalue weighted by Gasteiger charge is 2.10. The van der Waals surface area contributed by atoms with Crippen LogP contribution in [-0.4, -0.2) is 10.8 Å². The topological polar surface area (TPSA) is 52.3 Å². The van der Waals surface area contributed by atoms with Crippen molar-refractivity contribution in [1.29, 1.82) is 0 Å². The zero-order valence-electron chi connectivity index (χ0n) is 14.8. The lowest BCUT2D eigenvalue weighted by Gasteiger charge is -2.04. The van der Waals surface area contributed by atoms with E-state index in [1.165, 1.54) is 6.20 Å². The van der Waals surface area contributed by atoms with Gasteiger partial charge >= 0.3 is 5.95 Å². The number of halogens is 1. The maximum atomic E-state index is 12.4. The average molecular weight is 390 g/mol. The van der Waals surface area contributed by atoms with Crippen molar-refractivity contribution in [1.82, 2.24) is 4.98 Å². The van der Waals surface area contributed by atoms with Crippen LogP contribution in [0.3, 0.4) is 0 Å². The number of carbonyl (C=O) groups excluding carboxylic acids is 1. The predicted octanol–water partition coefficient (Wildman–Crippen LogP) is 6.21. The molecule has 138 valence electrons. The van der Waals surface area contributed by atoms with Crippen LogP contribution in [-0.2, 0) is 6.42 Å². The first kappa shape index (κ1) is 18.0. The Balaban J connectivity index is 1.42. The van der Waals surface area contributed by atoms with E-state index in [0.29, 0.717) is 28.6 Å². The van der Waals surface area contributed by atoms with Crippen molar-refractivity contribution >= 4 is 17.4 Å². The third kappa shape index (κ3) is 4.30. The molecule has 0 aliphatic rings. The molecule has 0 aliphatic carbocycles. The van der Waals surface area contributed by atoms with E-state index >= 15 is 0 Å². The maximum absolute atomic E-state index is 12.4. The molecular weight excluding hydrogens is 374 g/mol. The van der Waals surface area contributed by atoms with Crippen LogP contribution in [0.25, 0.3) is 11.5 Å². The molecule has 0 radical (unpaired) electrons. The number of carbonyl (C=O) groups is 1. The summed E-state index contributed by atoms with van der Waals surface area (Å²) in [6, 6.07) is 23.8. The monoisotopic (exact) mass is 389 g/mol. The van der Waals surface area contributed by atoms with E-state index in [2.05, 4.69) is 4.98 Å². The number of hydrogen-bond donors (Lipinski definition) is 0. The minimum atomic E-state index is 0.0578. The highest BCUT2D eigenvalue weighted by atomic mass is 35.5. The highest BCUT2D eigenvalue weighted by molar-refractivity contribution is 6.30. The molecule has 0 saturated carbocycles. The average Bonchev–Trinajstić information content (AvgIpc) is 3.18. The molecule has 5 heteroatoms. The predicted molar refractivity (Wildman–Crippen MR) is 108 cm³/mol. The molecule has 0 bridgehead atoms. The number of ether oxygens (including phenoxy) is 1. The van der Waals surface area contributed by atoms with Crippen molar-refractivity contribution in [3.8, 4) is 23.1 Å². The summed E-state index contributed by atoms with van der Waals surface area (Å²) in [5, 5.41) is 0.647. The molecule has 0 amide bonds. The number of benzene rings is 3. The first-order chi connectivity index (χ1) is 13.7. The number of nitrogens with zero attached hydrogens (tertiary/aromatic N) is 1. The van der Waals surface area contributed by atoms with Crippen LogP contribution in [0.2, 0.25) is 5.02 Å². The second-order valence-corrected chi connectivity index (χ2v) is 6.64. The zero-order valence-corrected chi connectivity index (χ0v) is 15.6. The lowest BCUT2D eigenvalue weighted by Crippen LogP contribution is -2.03. The summed E-state index contributed by atoms with van der Waals surface area (Å²) in [5.74, 6) is 1.34. The van der Waals surface area contributed by atoms with E-state index in [0.717, 1.165) is 11.1 Å².